The molecule has 0 radical (unpaired) electrons. The highest BCUT2D eigenvalue weighted by Gasteiger charge is 2.26. The first-order valence-corrected chi connectivity index (χ1v) is 9.09. The summed E-state index contributed by atoms with van der Waals surface area (Å²) in [6.45, 7) is 1.79. The summed E-state index contributed by atoms with van der Waals surface area (Å²) in [6, 6.07) is 5.49. The fraction of sp³-hybridized carbons (Fsp3) is 0.357. The standard InChI is InChI=1S/C14H17N3O2S2/c1-9-16-8-14(20-9)21(18,19)17-13-4-2-3-10-7-11(15)5-6-12(10)13/h5-8,13,17H,2-4,15H2,1H3. The fourth-order valence-corrected chi connectivity index (χ4v) is 5.04. The molecule has 0 aliphatic heterocycles. The van der Waals surface area contributed by atoms with Gasteiger partial charge < -0.3 is 5.73 Å². The fourth-order valence-electron chi connectivity index (χ4n) is 2.67. The molecule has 0 spiro atoms. The second kappa shape index (κ2) is 5.40. The van der Waals surface area contributed by atoms with E-state index in [-0.39, 0.29) is 10.3 Å². The number of nitrogens with two attached hydrogens (primary N) is 1. The first-order chi connectivity index (χ1) is 9.95. The van der Waals surface area contributed by atoms with Gasteiger partial charge in [-0.25, -0.2) is 18.1 Å². The predicted molar refractivity (Wildman–Crippen MR) is 83.7 cm³/mol. The molecule has 1 aromatic carbocycles. The van der Waals surface area contributed by atoms with Crippen LogP contribution in [-0.4, -0.2) is 13.4 Å². The maximum absolute atomic E-state index is 12.4. The van der Waals surface area contributed by atoms with Gasteiger partial charge in [0.2, 0.25) is 0 Å². The third-order valence-corrected chi connectivity index (χ3v) is 6.49. The number of rotatable bonds is 3. The summed E-state index contributed by atoms with van der Waals surface area (Å²) in [4.78, 5) is 4.01. The molecule has 1 atom stereocenters. The molecule has 0 bridgehead atoms. The molecule has 3 rings (SSSR count). The van der Waals surface area contributed by atoms with Crippen molar-refractivity contribution < 1.29 is 8.42 Å². The highest BCUT2D eigenvalue weighted by atomic mass is 32.2. The van der Waals surface area contributed by atoms with E-state index >= 15 is 0 Å². The number of hydrogen-bond donors (Lipinski definition) is 2. The molecule has 1 unspecified atom stereocenters. The number of aromatic nitrogens is 1. The van der Waals surface area contributed by atoms with Gasteiger partial charge in [0.05, 0.1) is 11.2 Å². The Bertz CT molecular complexity index is 768. The maximum atomic E-state index is 12.4. The minimum absolute atomic E-state index is 0.193. The Kier molecular flexibility index (Phi) is 3.73. The number of hydrogen-bond acceptors (Lipinski definition) is 5. The smallest absolute Gasteiger partial charge is 0.252 e. The lowest BCUT2D eigenvalue weighted by molar-refractivity contribution is 0.508. The monoisotopic (exact) mass is 323 g/mol. The van der Waals surface area contributed by atoms with Crippen molar-refractivity contribution in [1.82, 2.24) is 9.71 Å². The van der Waals surface area contributed by atoms with Crippen LogP contribution >= 0.6 is 11.3 Å². The van der Waals surface area contributed by atoms with Crippen molar-refractivity contribution >= 4 is 27.0 Å². The van der Waals surface area contributed by atoms with Crippen molar-refractivity contribution in [3.8, 4) is 0 Å². The second-order valence-corrected chi connectivity index (χ2v) is 8.40. The van der Waals surface area contributed by atoms with E-state index in [4.69, 9.17) is 5.73 Å². The second-order valence-electron chi connectivity index (χ2n) is 5.22. The van der Waals surface area contributed by atoms with Crippen LogP contribution in [0.5, 0.6) is 0 Å². The summed E-state index contributed by atoms with van der Waals surface area (Å²) in [5, 5.41) is 0.743. The Hall–Kier alpha value is -1.44. The summed E-state index contributed by atoms with van der Waals surface area (Å²) in [6.07, 6.45) is 4.10. The van der Waals surface area contributed by atoms with E-state index in [0.717, 1.165) is 41.1 Å². The van der Waals surface area contributed by atoms with Gasteiger partial charge in [0.15, 0.2) is 4.21 Å². The number of aryl methyl sites for hydroxylation is 2. The van der Waals surface area contributed by atoms with E-state index in [1.165, 1.54) is 17.5 Å². The van der Waals surface area contributed by atoms with Gasteiger partial charge in [0.25, 0.3) is 10.0 Å². The third-order valence-electron chi connectivity index (χ3n) is 3.64. The Morgan fingerprint density at radius 2 is 2.24 bits per heavy atom. The number of nitrogen functional groups attached to an aromatic ring is 1. The third kappa shape index (κ3) is 2.95. The van der Waals surface area contributed by atoms with Crippen LogP contribution in [0, 0.1) is 6.92 Å². The van der Waals surface area contributed by atoms with Gasteiger partial charge in [-0.2, -0.15) is 0 Å². The lowest BCUT2D eigenvalue weighted by atomic mass is 9.88. The molecule has 3 N–H and O–H groups in total. The van der Waals surface area contributed by atoms with Gasteiger partial charge in [0.1, 0.15) is 0 Å². The summed E-state index contributed by atoms with van der Waals surface area (Å²) in [5.41, 5.74) is 8.68. The van der Waals surface area contributed by atoms with E-state index < -0.39 is 10.0 Å². The van der Waals surface area contributed by atoms with E-state index in [9.17, 15) is 8.42 Å². The lowest BCUT2D eigenvalue weighted by Gasteiger charge is -2.26. The molecule has 2 aromatic rings. The lowest BCUT2D eigenvalue weighted by Crippen LogP contribution is -2.30. The Labute approximate surface area is 128 Å². The molecule has 1 aliphatic rings. The average molecular weight is 323 g/mol. The Morgan fingerprint density at radius 3 is 2.95 bits per heavy atom. The quantitative estimate of drug-likeness (QED) is 0.849. The molecule has 7 heteroatoms. The summed E-state index contributed by atoms with van der Waals surface area (Å²) >= 11 is 1.19. The highest BCUT2D eigenvalue weighted by molar-refractivity contribution is 7.91. The van der Waals surface area contributed by atoms with E-state index in [0.29, 0.717) is 0 Å². The molecular formula is C14H17N3O2S2. The van der Waals surface area contributed by atoms with Crippen LogP contribution < -0.4 is 10.5 Å². The topological polar surface area (TPSA) is 85.1 Å². The van der Waals surface area contributed by atoms with Crippen LogP contribution in [0.2, 0.25) is 0 Å². The zero-order chi connectivity index (χ0) is 15.0. The van der Waals surface area contributed by atoms with E-state index in [2.05, 4.69) is 9.71 Å². The normalized spacial score (nSPS) is 18.4. The largest absolute Gasteiger partial charge is 0.399 e. The van der Waals surface area contributed by atoms with Gasteiger partial charge in [-0.3, -0.25) is 0 Å². The van der Waals surface area contributed by atoms with Crippen LogP contribution in [-0.2, 0) is 16.4 Å². The van der Waals surface area contributed by atoms with Crippen molar-refractivity contribution in [2.75, 3.05) is 5.73 Å². The number of benzene rings is 1. The number of sulfonamides is 1. The molecular weight excluding hydrogens is 306 g/mol. The molecule has 0 fully saturated rings. The van der Waals surface area contributed by atoms with Crippen molar-refractivity contribution in [1.29, 1.82) is 0 Å². The molecule has 0 amide bonds. The summed E-state index contributed by atoms with van der Waals surface area (Å²) < 4.78 is 27.9. The number of fused-ring (bicyclic) bond motifs is 1. The Balaban J connectivity index is 1.90. The van der Waals surface area contributed by atoms with Crippen molar-refractivity contribution in [2.45, 2.75) is 36.4 Å². The van der Waals surface area contributed by atoms with Crippen molar-refractivity contribution in [3.05, 3.63) is 40.5 Å². The summed E-state index contributed by atoms with van der Waals surface area (Å²) in [7, 11) is -3.52. The van der Waals surface area contributed by atoms with Crippen LogP contribution in [0.15, 0.2) is 28.6 Å². The molecule has 1 heterocycles. The van der Waals surface area contributed by atoms with Gasteiger partial charge >= 0.3 is 0 Å². The zero-order valence-electron chi connectivity index (χ0n) is 11.7. The zero-order valence-corrected chi connectivity index (χ0v) is 13.3. The van der Waals surface area contributed by atoms with Crippen LogP contribution in [0.25, 0.3) is 0 Å². The first kappa shape index (κ1) is 14.5. The number of nitrogens with one attached hydrogen (secondary N) is 1. The number of anilines is 1. The van der Waals surface area contributed by atoms with Gasteiger partial charge in [-0.1, -0.05) is 6.07 Å². The van der Waals surface area contributed by atoms with Gasteiger partial charge in [-0.05, 0) is 49.4 Å². The van der Waals surface area contributed by atoms with Gasteiger partial charge in [0, 0.05) is 11.7 Å². The molecule has 1 aromatic heterocycles. The predicted octanol–water partition coefficient (Wildman–Crippen LogP) is 2.39. The molecule has 5 nitrogen and oxygen atoms in total. The molecule has 1 aliphatic carbocycles. The van der Waals surface area contributed by atoms with Crippen LogP contribution in [0.3, 0.4) is 0 Å². The summed E-state index contributed by atoms with van der Waals surface area (Å²) in [5.74, 6) is 0. The van der Waals surface area contributed by atoms with E-state index in [1.54, 1.807) is 6.92 Å². The highest BCUT2D eigenvalue weighted by Crippen LogP contribution is 2.32. The van der Waals surface area contributed by atoms with Crippen molar-refractivity contribution in [3.63, 3.8) is 0 Å². The van der Waals surface area contributed by atoms with Gasteiger partial charge in [-0.15, -0.1) is 11.3 Å². The molecule has 112 valence electrons. The average Bonchev–Trinajstić information content (AvgIpc) is 2.86. The minimum Gasteiger partial charge on any atom is -0.399 e. The minimum atomic E-state index is -3.52. The number of thiazole rings is 1. The van der Waals surface area contributed by atoms with Crippen molar-refractivity contribution in [2.24, 2.45) is 0 Å². The SMILES string of the molecule is Cc1ncc(S(=O)(=O)NC2CCCc3cc(N)ccc32)s1. The molecule has 21 heavy (non-hydrogen) atoms. The maximum Gasteiger partial charge on any atom is 0.252 e. The first-order valence-electron chi connectivity index (χ1n) is 6.79. The van der Waals surface area contributed by atoms with Crippen LogP contribution in [0.4, 0.5) is 5.69 Å². The molecule has 0 saturated carbocycles. The Morgan fingerprint density at radius 1 is 1.43 bits per heavy atom. The van der Waals surface area contributed by atoms with Crippen LogP contribution in [0.1, 0.15) is 35.0 Å². The molecule has 0 saturated heterocycles. The van der Waals surface area contributed by atoms with E-state index in [1.807, 2.05) is 18.2 Å². The number of nitrogens with zero attached hydrogens (tertiary/aromatic N) is 1.